The molecule has 0 saturated heterocycles. The highest BCUT2D eigenvalue weighted by atomic mass is 32.2. The third-order valence-corrected chi connectivity index (χ3v) is 6.65. The van der Waals surface area contributed by atoms with Crippen LogP contribution in [0.3, 0.4) is 0 Å². The molecule has 0 radical (unpaired) electrons. The molecule has 0 saturated carbocycles. The topological polar surface area (TPSA) is 114 Å². The van der Waals surface area contributed by atoms with Gasteiger partial charge in [0.15, 0.2) is 5.84 Å². The van der Waals surface area contributed by atoms with Gasteiger partial charge in [0.05, 0.1) is 17.7 Å². The second-order valence-electron chi connectivity index (χ2n) is 7.47. The van der Waals surface area contributed by atoms with Gasteiger partial charge in [0.2, 0.25) is 0 Å². The Morgan fingerprint density at radius 3 is 2.62 bits per heavy atom. The standard InChI is InChI=1S/C23H18N4O4S/c1-14-12-15(10-11-24-14)13-27-18-8-4-2-6-16(18)21(28)20(23(27)29)22-25-17-7-3-5-9-19(17)32(30,31)26-22/h2-12,28H,13H2,1H3,(H,25,26). The van der Waals surface area contributed by atoms with Gasteiger partial charge in [-0.15, -0.1) is 4.40 Å². The van der Waals surface area contributed by atoms with Crippen molar-refractivity contribution >= 4 is 32.4 Å². The number of aromatic nitrogens is 2. The molecule has 160 valence electrons. The molecule has 8 nitrogen and oxygen atoms in total. The summed E-state index contributed by atoms with van der Waals surface area (Å²) in [4.78, 5) is 17.8. The molecule has 0 atom stereocenters. The minimum absolute atomic E-state index is 0.0108. The molecule has 2 N–H and O–H groups in total. The van der Waals surface area contributed by atoms with Gasteiger partial charge in [-0.25, -0.2) is 0 Å². The number of rotatable bonds is 3. The maximum atomic E-state index is 13.6. The third kappa shape index (κ3) is 3.23. The molecule has 32 heavy (non-hydrogen) atoms. The van der Waals surface area contributed by atoms with E-state index in [2.05, 4.69) is 14.7 Å². The van der Waals surface area contributed by atoms with E-state index in [9.17, 15) is 18.3 Å². The highest BCUT2D eigenvalue weighted by Gasteiger charge is 2.29. The molecule has 1 aliphatic rings. The molecule has 0 unspecified atom stereocenters. The molecular weight excluding hydrogens is 428 g/mol. The molecular formula is C23H18N4O4S. The lowest BCUT2D eigenvalue weighted by Crippen LogP contribution is -2.33. The first-order valence-corrected chi connectivity index (χ1v) is 11.3. The fourth-order valence-corrected chi connectivity index (χ4v) is 4.99. The van der Waals surface area contributed by atoms with Crippen LogP contribution in [0.15, 0.2) is 80.9 Å². The zero-order chi connectivity index (χ0) is 22.5. The first-order chi connectivity index (χ1) is 15.3. The van der Waals surface area contributed by atoms with Crippen LogP contribution in [0.25, 0.3) is 10.9 Å². The molecule has 2 aromatic heterocycles. The lowest BCUT2D eigenvalue weighted by Gasteiger charge is -2.20. The normalized spacial score (nSPS) is 14.5. The van der Waals surface area contributed by atoms with Crippen LogP contribution < -0.4 is 10.9 Å². The monoisotopic (exact) mass is 446 g/mol. The van der Waals surface area contributed by atoms with Crippen molar-refractivity contribution < 1.29 is 13.5 Å². The Morgan fingerprint density at radius 2 is 1.81 bits per heavy atom. The molecule has 2 aromatic carbocycles. The Bertz CT molecular complexity index is 1590. The maximum absolute atomic E-state index is 13.6. The predicted octanol–water partition coefficient (Wildman–Crippen LogP) is 3.02. The van der Waals surface area contributed by atoms with E-state index in [4.69, 9.17) is 0 Å². The molecule has 0 aliphatic carbocycles. The molecule has 0 bridgehead atoms. The van der Waals surface area contributed by atoms with Crippen molar-refractivity contribution in [2.24, 2.45) is 4.40 Å². The summed E-state index contributed by atoms with van der Waals surface area (Å²) in [5.41, 5.74) is 1.70. The molecule has 9 heteroatoms. The van der Waals surface area contributed by atoms with Gasteiger partial charge in [-0.1, -0.05) is 24.3 Å². The van der Waals surface area contributed by atoms with E-state index in [1.165, 1.54) is 10.6 Å². The van der Waals surface area contributed by atoms with Gasteiger partial charge in [-0.2, -0.15) is 8.42 Å². The number of para-hydroxylation sites is 2. The number of hydrogen-bond donors (Lipinski definition) is 2. The van der Waals surface area contributed by atoms with Crippen LogP contribution in [0, 0.1) is 6.92 Å². The van der Waals surface area contributed by atoms with Crippen molar-refractivity contribution in [3.8, 4) is 5.75 Å². The fourth-order valence-electron chi connectivity index (χ4n) is 3.87. The largest absolute Gasteiger partial charge is 0.506 e. The lowest BCUT2D eigenvalue weighted by molar-refractivity contribution is 0.478. The van der Waals surface area contributed by atoms with Crippen LogP contribution in [0.1, 0.15) is 16.8 Å². The molecule has 0 amide bonds. The molecule has 5 rings (SSSR count). The quantitative estimate of drug-likeness (QED) is 0.500. The summed E-state index contributed by atoms with van der Waals surface area (Å²) in [6.07, 6.45) is 1.66. The van der Waals surface area contributed by atoms with E-state index < -0.39 is 15.6 Å². The van der Waals surface area contributed by atoms with E-state index in [-0.39, 0.29) is 28.6 Å². The van der Waals surface area contributed by atoms with Crippen LogP contribution in [-0.2, 0) is 16.6 Å². The maximum Gasteiger partial charge on any atom is 0.286 e. The summed E-state index contributed by atoms with van der Waals surface area (Å²) in [5, 5.41) is 14.3. The highest BCUT2D eigenvalue weighted by Crippen LogP contribution is 2.32. The second kappa shape index (κ2) is 7.31. The van der Waals surface area contributed by atoms with Gasteiger partial charge in [0.25, 0.3) is 15.6 Å². The van der Waals surface area contributed by atoms with Crippen LogP contribution >= 0.6 is 0 Å². The Kier molecular flexibility index (Phi) is 4.56. The number of sulfonamides is 1. The highest BCUT2D eigenvalue weighted by molar-refractivity contribution is 7.90. The van der Waals surface area contributed by atoms with Crippen LogP contribution in [0.2, 0.25) is 0 Å². The van der Waals surface area contributed by atoms with Gasteiger partial charge >= 0.3 is 0 Å². The Morgan fingerprint density at radius 1 is 1.06 bits per heavy atom. The number of nitrogens with one attached hydrogen (secondary N) is 1. The van der Waals surface area contributed by atoms with Crippen LogP contribution in [0.4, 0.5) is 5.69 Å². The van der Waals surface area contributed by atoms with Crippen molar-refractivity contribution in [1.82, 2.24) is 9.55 Å². The number of aromatic hydroxyl groups is 1. The zero-order valence-electron chi connectivity index (χ0n) is 17.0. The summed E-state index contributed by atoms with van der Waals surface area (Å²) >= 11 is 0. The Balaban J connectivity index is 1.77. The minimum atomic E-state index is -4.05. The van der Waals surface area contributed by atoms with E-state index >= 15 is 0 Å². The molecule has 0 fully saturated rings. The Labute approximate surface area is 183 Å². The number of hydrogen-bond acceptors (Lipinski definition) is 6. The van der Waals surface area contributed by atoms with E-state index in [1.807, 2.05) is 13.0 Å². The first-order valence-electron chi connectivity index (χ1n) is 9.82. The van der Waals surface area contributed by atoms with Crippen LogP contribution in [-0.4, -0.2) is 28.9 Å². The van der Waals surface area contributed by atoms with Gasteiger partial charge in [-0.3, -0.25) is 9.78 Å². The van der Waals surface area contributed by atoms with Crippen molar-refractivity contribution in [3.05, 3.63) is 94.0 Å². The van der Waals surface area contributed by atoms with E-state index in [1.54, 1.807) is 54.7 Å². The third-order valence-electron chi connectivity index (χ3n) is 5.31. The number of benzene rings is 2. The van der Waals surface area contributed by atoms with Gasteiger partial charge in [0, 0.05) is 17.3 Å². The fraction of sp³-hybridized carbons (Fsp3) is 0.0870. The summed E-state index contributed by atoms with van der Waals surface area (Å²) in [6, 6.07) is 16.9. The van der Waals surface area contributed by atoms with Crippen molar-refractivity contribution in [2.75, 3.05) is 5.32 Å². The van der Waals surface area contributed by atoms with Gasteiger partial charge in [0.1, 0.15) is 16.2 Å². The van der Waals surface area contributed by atoms with Gasteiger partial charge < -0.3 is 15.0 Å². The van der Waals surface area contributed by atoms with Crippen LogP contribution in [0.5, 0.6) is 5.75 Å². The Hall–Kier alpha value is -3.98. The average molecular weight is 446 g/mol. The summed E-state index contributed by atoms with van der Waals surface area (Å²) in [6.45, 7) is 2.07. The van der Waals surface area contributed by atoms with E-state index in [0.717, 1.165) is 11.3 Å². The number of pyridine rings is 2. The average Bonchev–Trinajstić information content (AvgIpc) is 2.76. The molecule has 4 aromatic rings. The minimum Gasteiger partial charge on any atom is -0.506 e. The van der Waals surface area contributed by atoms with Crippen molar-refractivity contribution in [1.29, 1.82) is 0 Å². The molecule has 1 aliphatic heterocycles. The van der Waals surface area contributed by atoms with Gasteiger partial charge in [-0.05, 0) is 48.9 Å². The SMILES string of the molecule is Cc1cc(Cn2c(=O)c(C3=NS(=O)(=O)c4ccccc4N3)c(O)c3ccccc32)ccn1. The predicted molar refractivity (Wildman–Crippen MR) is 122 cm³/mol. The number of fused-ring (bicyclic) bond motifs is 2. The molecule has 0 spiro atoms. The second-order valence-corrected chi connectivity index (χ2v) is 9.05. The van der Waals surface area contributed by atoms with Crippen molar-refractivity contribution in [2.45, 2.75) is 18.4 Å². The summed E-state index contributed by atoms with van der Waals surface area (Å²) in [7, 11) is -4.05. The number of aryl methyl sites for hydroxylation is 1. The number of amidine groups is 1. The lowest BCUT2D eigenvalue weighted by atomic mass is 10.1. The zero-order valence-corrected chi connectivity index (χ0v) is 17.8. The van der Waals surface area contributed by atoms with Crippen molar-refractivity contribution in [3.63, 3.8) is 0 Å². The smallest absolute Gasteiger partial charge is 0.286 e. The molecule has 3 heterocycles. The summed E-state index contributed by atoms with van der Waals surface area (Å²) in [5.74, 6) is -0.537. The first kappa shape index (κ1) is 20.0. The number of anilines is 1. The summed E-state index contributed by atoms with van der Waals surface area (Å²) < 4.78 is 30.8. The van der Waals surface area contributed by atoms with E-state index in [0.29, 0.717) is 16.6 Å². The number of nitrogens with zero attached hydrogens (tertiary/aromatic N) is 3.